The maximum Gasteiger partial charge on any atom is 0.158 e. The zero-order valence-electron chi connectivity index (χ0n) is 9.84. The van der Waals surface area contributed by atoms with Crippen LogP contribution < -0.4 is 10.6 Å². The Bertz CT molecular complexity index is 344. The minimum atomic E-state index is -0.424. The zero-order chi connectivity index (χ0) is 12.1. The van der Waals surface area contributed by atoms with E-state index in [0.717, 1.165) is 0 Å². The van der Waals surface area contributed by atoms with E-state index in [1.54, 1.807) is 20.1 Å². The molecule has 0 bridgehead atoms. The second kappa shape index (κ2) is 5.62. The van der Waals surface area contributed by atoms with Crippen molar-refractivity contribution in [1.29, 1.82) is 0 Å². The predicted molar refractivity (Wildman–Crippen MR) is 62.1 cm³/mol. The van der Waals surface area contributed by atoms with Crippen molar-refractivity contribution in [3.63, 3.8) is 0 Å². The second-order valence-electron chi connectivity index (χ2n) is 3.73. The number of likely N-dealkylation sites (N-methyl/N-ethyl adjacent to an activating group) is 1. The molecular weight excluding hydrogens is 208 g/mol. The molecule has 0 radical (unpaired) electrons. The lowest BCUT2D eigenvalue weighted by Crippen LogP contribution is -2.28. The van der Waals surface area contributed by atoms with Crippen molar-refractivity contribution in [2.75, 3.05) is 31.3 Å². The van der Waals surface area contributed by atoms with Crippen molar-refractivity contribution >= 4 is 11.6 Å². The average Bonchev–Trinajstić information content (AvgIpc) is 2.16. The highest BCUT2D eigenvalue weighted by molar-refractivity contribution is 5.46. The summed E-state index contributed by atoms with van der Waals surface area (Å²) in [5.41, 5.74) is 5.66. The van der Waals surface area contributed by atoms with Gasteiger partial charge in [0, 0.05) is 26.8 Å². The Labute approximate surface area is 95.1 Å². The Hall–Kier alpha value is -1.40. The Morgan fingerprint density at radius 3 is 2.81 bits per heavy atom. The first-order valence-electron chi connectivity index (χ1n) is 5.04. The molecule has 1 heterocycles. The van der Waals surface area contributed by atoms with Crippen LogP contribution in [0.3, 0.4) is 0 Å². The molecule has 90 valence electrons. The van der Waals surface area contributed by atoms with Gasteiger partial charge in [0.05, 0.1) is 6.10 Å². The van der Waals surface area contributed by atoms with Gasteiger partial charge in [-0.25, -0.2) is 9.97 Å². The van der Waals surface area contributed by atoms with E-state index in [9.17, 15) is 5.11 Å². The molecular formula is C10H18N4O2. The molecule has 0 aromatic carbocycles. The number of nitrogen functional groups attached to an aromatic ring is 1. The van der Waals surface area contributed by atoms with Crippen LogP contribution in [0, 0.1) is 0 Å². The molecule has 6 nitrogen and oxygen atoms in total. The van der Waals surface area contributed by atoms with Crippen molar-refractivity contribution in [1.82, 2.24) is 9.97 Å². The number of nitrogens with zero attached hydrogens (tertiary/aromatic N) is 3. The maximum atomic E-state index is 9.29. The fourth-order valence-corrected chi connectivity index (χ4v) is 1.38. The van der Waals surface area contributed by atoms with Gasteiger partial charge in [-0.3, -0.25) is 0 Å². The minimum Gasteiger partial charge on any atom is -0.392 e. The third-order valence-corrected chi connectivity index (χ3v) is 1.98. The summed E-state index contributed by atoms with van der Waals surface area (Å²) in [7, 11) is 3.41. The van der Waals surface area contributed by atoms with Gasteiger partial charge in [-0.15, -0.1) is 0 Å². The number of aliphatic hydroxyl groups excluding tert-OH is 1. The fourth-order valence-electron chi connectivity index (χ4n) is 1.38. The summed E-state index contributed by atoms with van der Waals surface area (Å²) in [6.45, 7) is 2.53. The number of ether oxygens (including phenoxy) is 1. The highest BCUT2D eigenvalue weighted by atomic mass is 16.5. The lowest BCUT2D eigenvalue weighted by atomic mass is 10.3. The number of nitrogens with two attached hydrogens (primary N) is 1. The first-order chi connectivity index (χ1) is 7.52. The largest absolute Gasteiger partial charge is 0.392 e. The Morgan fingerprint density at radius 2 is 2.25 bits per heavy atom. The van der Waals surface area contributed by atoms with Crippen LogP contribution in [0.2, 0.25) is 0 Å². The molecule has 3 N–H and O–H groups in total. The van der Waals surface area contributed by atoms with Crippen molar-refractivity contribution in [2.24, 2.45) is 0 Å². The summed E-state index contributed by atoms with van der Waals surface area (Å²) in [5.74, 6) is 1.62. The maximum absolute atomic E-state index is 9.29. The van der Waals surface area contributed by atoms with E-state index in [2.05, 4.69) is 9.97 Å². The van der Waals surface area contributed by atoms with E-state index in [0.29, 0.717) is 30.6 Å². The molecule has 0 aliphatic carbocycles. The van der Waals surface area contributed by atoms with Gasteiger partial charge in [-0.05, 0) is 6.92 Å². The number of anilines is 2. The number of aliphatic hydroxyl groups is 1. The fraction of sp³-hybridized carbons (Fsp3) is 0.600. The highest BCUT2D eigenvalue weighted by Crippen LogP contribution is 2.13. The molecule has 0 aliphatic heterocycles. The number of methoxy groups -OCH3 is 1. The molecule has 0 amide bonds. The first-order valence-corrected chi connectivity index (χ1v) is 5.04. The van der Waals surface area contributed by atoms with Crippen LogP contribution in [0.1, 0.15) is 12.7 Å². The third kappa shape index (κ3) is 3.63. The summed E-state index contributed by atoms with van der Waals surface area (Å²) >= 11 is 0. The predicted octanol–water partition coefficient (Wildman–Crippen LogP) is 0.0222. The standard InChI is InChI=1S/C10H18N4O2/c1-7(15)5-14(2)10-4-8(11)12-9(13-10)6-16-3/h4,7,15H,5-6H2,1-3H3,(H2,11,12,13). The van der Waals surface area contributed by atoms with Crippen LogP contribution in [0.4, 0.5) is 11.6 Å². The number of aromatic nitrogens is 2. The molecule has 0 saturated carbocycles. The van der Waals surface area contributed by atoms with E-state index >= 15 is 0 Å². The van der Waals surface area contributed by atoms with Gasteiger partial charge in [0.2, 0.25) is 0 Å². The van der Waals surface area contributed by atoms with Crippen LogP contribution in [-0.2, 0) is 11.3 Å². The molecule has 0 fully saturated rings. The quantitative estimate of drug-likeness (QED) is 0.736. The third-order valence-electron chi connectivity index (χ3n) is 1.98. The Balaban J connectivity index is 2.86. The zero-order valence-corrected chi connectivity index (χ0v) is 9.84. The van der Waals surface area contributed by atoms with E-state index in [4.69, 9.17) is 10.5 Å². The van der Waals surface area contributed by atoms with E-state index in [1.165, 1.54) is 0 Å². The van der Waals surface area contributed by atoms with Crippen molar-refractivity contribution in [3.8, 4) is 0 Å². The van der Waals surface area contributed by atoms with Crippen LogP contribution >= 0.6 is 0 Å². The molecule has 0 spiro atoms. The van der Waals surface area contributed by atoms with Gasteiger partial charge in [0.25, 0.3) is 0 Å². The van der Waals surface area contributed by atoms with E-state index in [-0.39, 0.29) is 0 Å². The minimum absolute atomic E-state index is 0.320. The lowest BCUT2D eigenvalue weighted by Gasteiger charge is -2.20. The van der Waals surface area contributed by atoms with Gasteiger partial charge in [-0.2, -0.15) is 0 Å². The van der Waals surface area contributed by atoms with Crippen LogP contribution in [-0.4, -0.2) is 41.9 Å². The van der Waals surface area contributed by atoms with Gasteiger partial charge < -0.3 is 20.5 Å². The lowest BCUT2D eigenvalue weighted by molar-refractivity contribution is 0.178. The Morgan fingerprint density at radius 1 is 1.56 bits per heavy atom. The van der Waals surface area contributed by atoms with Crippen LogP contribution in [0.25, 0.3) is 0 Å². The molecule has 6 heteroatoms. The molecule has 1 aromatic heterocycles. The van der Waals surface area contributed by atoms with Gasteiger partial charge in [-0.1, -0.05) is 0 Å². The molecule has 16 heavy (non-hydrogen) atoms. The monoisotopic (exact) mass is 226 g/mol. The smallest absolute Gasteiger partial charge is 0.158 e. The van der Waals surface area contributed by atoms with Crippen molar-refractivity contribution in [2.45, 2.75) is 19.6 Å². The molecule has 1 rings (SSSR count). The van der Waals surface area contributed by atoms with E-state index in [1.807, 2.05) is 11.9 Å². The number of hydrogen-bond donors (Lipinski definition) is 2. The Kier molecular flexibility index (Phi) is 4.45. The molecule has 1 atom stereocenters. The van der Waals surface area contributed by atoms with Gasteiger partial charge in [0.15, 0.2) is 5.82 Å². The van der Waals surface area contributed by atoms with Crippen molar-refractivity contribution in [3.05, 3.63) is 11.9 Å². The molecule has 1 aromatic rings. The van der Waals surface area contributed by atoms with Crippen molar-refractivity contribution < 1.29 is 9.84 Å². The number of rotatable bonds is 5. The van der Waals surface area contributed by atoms with Gasteiger partial charge in [0.1, 0.15) is 18.2 Å². The topological polar surface area (TPSA) is 84.5 Å². The summed E-state index contributed by atoms with van der Waals surface area (Å²) in [4.78, 5) is 10.1. The number of hydrogen-bond acceptors (Lipinski definition) is 6. The average molecular weight is 226 g/mol. The highest BCUT2D eigenvalue weighted by Gasteiger charge is 2.08. The van der Waals surface area contributed by atoms with Gasteiger partial charge >= 0.3 is 0 Å². The normalized spacial score (nSPS) is 12.5. The second-order valence-corrected chi connectivity index (χ2v) is 3.73. The molecule has 0 aliphatic rings. The molecule has 0 saturated heterocycles. The summed E-state index contributed by atoms with van der Waals surface area (Å²) in [6.07, 6.45) is -0.424. The SMILES string of the molecule is COCc1nc(N)cc(N(C)CC(C)O)n1. The summed E-state index contributed by atoms with van der Waals surface area (Å²) < 4.78 is 4.95. The van der Waals surface area contributed by atoms with E-state index < -0.39 is 6.10 Å². The first kappa shape index (κ1) is 12.7. The van der Waals surface area contributed by atoms with Crippen LogP contribution in [0.5, 0.6) is 0 Å². The molecule has 1 unspecified atom stereocenters. The van der Waals surface area contributed by atoms with Crippen LogP contribution in [0.15, 0.2) is 6.07 Å². The summed E-state index contributed by atoms with van der Waals surface area (Å²) in [5, 5.41) is 9.29. The summed E-state index contributed by atoms with van der Waals surface area (Å²) in [6, 6.07) is 1.67.